The summed E-state index contributed by atoms with van der Waals surface area (Å²) in [7, 11) is 1.62. The van der Waals surface area contributed by atoms with E-state index >= 15 is 0 Å². The van der Waals surface area contributed by atoms with E-state index in [9.17, 15) is 9.59 Å². The maximum atomic E-state index is 12.0. The second-order valence-corrected chi connectivity index (χ2v) is 6.83. The Morgan fingerprint density at radius 3 is 2.55 bits per heavy atom. The molecule has 1 unspecified atom stereocenters. The van der Waals surface area contributed by atoms with Gasteiger partial charge in [-0.15, -0.1) is 11.3 Å². The molecule has 0 fully saturated rings. The highest BCUT2D eigenvalue weighted by atomic mass is 35.5. The molecule has 7 heteroatoms. The number of carboxylic acid groups (broad SMARTS) is 1. The number of urea groups is 1. The number of hydrogen-bond acceptors (Lipinski definition) is 3. The third-order valence-electron chi connectivity index (χ3n) is 2.67. The molecule has 1 aromatic heterocycles. The number of carbonyl (C=O) groups excluding carboxylic acids is 1. The van der Waals surface area contributed by atoms with Gasteiger partial charge in [0.1, 0.15) is 6.04 Å². The van der Waals surface area contributed by atoms with Crippen LogP contribution in [0.3, 0.4) is 0 Å². The number of carboxylic acids is 1. The van der Waals surface area contributed by atoms with Gasteiger partial charge in [0.05, 0.1) is 10.9 Å². The molecule has 0 aromatic carbocycles. The number of rotatable bonds is 6. The first kappa shape index (κ1) is 16.8. The highest BCUT2D eigenvalue weighted by molar-refractivity contribution is 7.16. The fraction of sp³-hybridized carbons (Fsp3) is 0.538. The van der Waals surface area contributed by atoms with Crippen LogP contribution in [0.25, 0.3) is 0 Å². The molecule has 2 amide bonds. The summed E-state index contributed by atoms with van der Waals surface area (Å²) in [6.45, 7) is 4.23. The minimum atomic E-state index is -1.01. The van der Waals surface area contributed by atoms with Crippen LogP contribution in [0.4, 0.5) is 4.79 Å². The van der Waals surface area contributed by atoms with Crippen molar-refractivity contribution in [1.29, 1.82) is 0 Å². The van der Waals surface area contributed by atoms with Crippen molar-refractivity contribution >= 4 is 34.9 Å². The molecule has 20 heavy (non-hydrogen) atoms. The van der Waals surface area contributed by atoms with Crippen molar-refractivity contribution < 1.29 is 14.7 Å². The van der Waals surface area contributed by atoms with Gasteiger partial charge in [-0.2, -0.15) is 0 Å². The Hall–Kier alpha value is -1.27. The van der Waals surface area contributed by atoms with Crippen LogP contribution in [-0.2, 0) is 11.3 Å². The summed E-state index contributed by atoms with van der Waals surface area (Å²) in [5.41, 5.74) is 0. The van der Waals surface area contributed by atoms with Gasteiger partial charge in [-0.25, -0.2) is 9.59 Å². The van der Waals surface area contributed by atoms with E-state index in [4.69, 9.17) is 16.7 Å². The highest BCUT2D eigenvalue weighted by Crippen LogP contribution is 2.22. The summed E-state index contributed by atoms with van der Waals surface area (Å²) in [6, 6.07) is 2.35. The minimum absolute atomic E-state index is 0.192. The first-order valence-electron chi connectivity index (χ1n) is 6.28. The number of amides is 2. The van der Waals surface area contributed by atoms with Gasteiger partial charge in [0.2, 0.25) is 0 Å². The summed E-state index contributed by atoms with van der Waals surface area (Å²) in [6.07, 6.45) is 0.403. The number of aliphatic carboxylic acids is 1. The van der Waals surface area contributed by atoms with Crippen molar-refractivity contribution in [2.45, 2.75) is 32.9 Å². The molecule has 1 atom stereocenters. The summed E-state index contributed by atoms with van der Waals surface area (Å²) in [5.74, 6) is -0.822. The normalized spacial score (nSPS) is 12.2. The average molecular weight is 319 g/mol. The lowest BCUT2D eigenvalue weighted by molar-refractivity contribution is -0.139. The topological polar surface area (TPSA) is 69.6 Å². The molecule has 0 bridgehead atoms. The van der Waals surface area contributed by atoms with Crippen LogP contribution in [0.5, 0.6) is 0 Å². The molecule has 0 aliphatic rings. The Bertz CT molecular complexity index is 476. The van der Waals surface area contributed by atoms with Crippen LogP contribution in [0.1, 0.15) is 25.1 Å². The zero-order valence-corrected chi connectivity index (χ0v) is 13.3. The predicted octanol–water partition coefficient (Wildman–Crippen LogP) is 3.04. The van der Waals surface area contributed by atoms with Gasteiger partial charge in [-0.05, 0) is 24.5 Å². The Kier molecular flexibility index (Phi) is 6.29. The van der Waals surface area contributed by atoms with Crippen molar-refractivity contribution in [2.24, 2.45) is 5.92 Å². The van der Waals surface area contributed by atoms with E-state index in [0.29, 0.717) is 17.3 Å². The Morgan fingerprint density at radius 1 is 1.45 bits per heavy atom. The van der Waals surface area contributed by atoms with Gasteiger partial charge in [0, 0.05) is 11.9 Å². The number of nitrogens with one attached hydrogen (secondary N) is 1. The van der Waals surface area contributed by atoms with E-state index in [1.54, 1.807) is 13.1 Å². The van der Waals surface area contributed by atoms with Crippen molar-refractivity contribution in [3.63, 3.8) is 0 Å². The Balaban J connectivity index is 2.57. The van der Waals surface area contributed by atoms with E-state index in [2.05, 4.69) is 5.32 Å². The zero-order chi connectivity index (χ0) is 15.3. The van der Waals surface area contributed by atoms with Crippen LogP contribution >= 0.6 is 22.9 Å². The smallest absolute Gasteiger partial charge is 0.326 e. The van der Waals surface area contributed by atoms with Crippen LogP contribution in [0.15, 0.2) is 12.1 Å². The largest absolute Gasteiger partial charge is 0.480 e. The third kappa shape index (κ3) is 5.38. The number of hydrogen-bond donors (Lipinski definition) is 2. The number of halogens is 1. The molecule has 1 aromatic rings. The Morgan fingerprint density at radius 2 is 2.10 bits per heavy atom. The molecular weight excluding hydrogens is 300 g/mol. The summed E-state index contributed by atoms with van der Waals surface area (Å²) in [4.78, 5) is 25.5. The highest BCUT2D eigenvalue weighted by Gasteiger charge is 2.22. The second-order valence-electron chi connectivity index (χ2n) is 5.03. The lowest BCUT2D eigenvalue weighted by Crippen LogP contribution is -2.46. The maximum Gasteiger partial charge on any atom is 0.326 e. The summed E-state index contributed by atoms with van der Waals surface area (Å²) >= 11 is 7.23. The van der Waals surface area contributed by atoms with Crippen molar-refractivity contribution in [3.8, 4) is 0 Å². The predicted molar refractivity (Wildman–Crippen MR) is 80.2 cm³/mol. The van der Waals surface area contributed by atoms with Gasteiger partial charge in [0.15, 0.2) is 0 Å². The average Bonchev–Trinajstić information content (AvgIpc) is 2.72. The third-order valence-corrected chi connectivity index (χ3v) is 3.89. The standard InChI is InChI=1S/C13H19ClN2O3S/c1-8(2)6-10(12(17)18)15-13(19)16(3)7-9-4-5-11(14)20-9/h4-5,8,10H,6-7H2,1-3H3,(H,15,19)(H,17,18). The van der Waals surface area contributed by atoms with Crippen LogP contribution in [0, 0.1) is 5.92 Å². The molecule has 0 radical (unpaired) electrons. The minimum Gasteiger partial charge on any atom is -0.480 e. The molecule has 0 saturated carbocycles. The van der Waals surface area contributed by atoms with Crippen LogP contribution in [0.2, 0.25) is 4.34 Å². The molecule has 0 aliphatic carbocycles. The van der Waals surface area contributed by atoms with Crippen molar-refractivity contribution in [1.82, 2.24) is 10.2 Å². The molecule has 1 heterocycles. The number of thiophene rings is 1. The van der Waals surface area contributed by atoms with Gasteiger partial charge in [0.25, 0.3) is 0 Å². The van der Waals surface area contributed by atoms with Crippen LogP contribution in [-0.4, -0.2) is 35.1 Å². The van der Waals surface area contributed by atoms with Crippen molar-refractivity contribution in [2.75, 3.05) is 7.05 Å². The molecule has 5 nitrogen and oxygen atoms in total. The van der Waals surface area contributed by atoms with E-state index < -0.39 is 18.0 Å². The fourth-order valence-electron chi connectivity index (χ4n) is 1.69. The fourth-order valence-corrected chi connectivity index (χ4v) is 2.84. The van der Waals surface area contributed by atoms with Crippen molar-refractivity contribution in [3.05, 3.63) is 21.3 Å². The summed E-state index contributed by atoms with van der Waals surface area (Å²) in [5, 5.41) is 11.6. The van der Waals surface area contributed by atoms with Gasteiger partial charge >= 0.3 is 12.0 Å². The molecule has 0 saturated heterocycles. The van der Waals surface area contributed by atoms with E-state index in [1.165, 1.54) is 16.2 Å². The molecule has 0 aliphatic heterocycles. The van der Waals surface area contributed by atoms with Gasteiger partial charge < -0.3 is 15.3 Å². The molecule has 1 rings (SSSR count). The lowest BCUT2D eigenvalue weighted by Gasteiger charge is -2.22. The van der Waals surface area contributed by atoms with Gasteiger partial charge in [-0.3, -0.25) is 0 Å². The molecule has 0 spiro atoms. The van der Waals surface area contributed by atoms with E-state index in [1.807, 2.05) is 19.9 Å². The second kappa shape index (κ2) is 7.50. The van der Waals surface area contributed by atoms with Gasteiger partial charge in [-0.1, -0.05) is 25.4 Å². The molecule has 112 valence electrons. The number of nitrogens with zero attached hydrogens (tertiary/aromatic N) is 1. The zero-order valence-electron chi connectivity index (χ0n) is 11.7. The maximum absolute atomic E-state index is 12.0. The quantitative estimate of drug-likeness (QED) is 0.847. The lowest BCUT2D eigenvalue weighted by atomic mass is 10.0. The molecule has 2 N–H and O–H groups in total. The van der Waals surface area contributed by atoms with E-state index in [-0.39, 0.29) is 5.92 Å². The first-order chi connectivity index (χ1) is 9.29. The number of carbonyl (C=O) groups is 2. The Labute approximate surface area is 127 Å². The monoisotopic (exact) mass is 318 g/mol. The van der Waals surface area contributed by atoms with E-state index in [0.717, 1.165) is 4.88 Å². The van der Waals surface area contributed by atoms with Crippen LogP contribution < -0.4 is 5.32 Å². The molecular formula is C13H19ClN2O3S. The SMILES string of the molecule is CC(C)CC(NC(=O)N(C)Cc1ccc(Cl)s1)C(=O)O. The first-order valence-corrected chi connectivity index (χ1v) is 7.47. The summed E-state index contributed by atoms with van der Waals surface area (Å²) < 4.78 is 0.664.